The predicted octanol–water partition coefficient (Wildman–Crippen LogP) is 3.92. The summed E-state index contributed by atoms with van der Waals surface area (Å²) >= 11 is 0. The molecule has 0 aliphatic heterocycles. The smallest absolute Gasteiger partial charge is 0.227 e. The highest BCUT2D eigenvalue weighted by atomic mass is 16.5. The van der Waals surface area contributed by atoms with Gasteiger partial charge < -0.3 is 10.3 Å². The fraction of sp³-hybridized carbons (Fsp3) is 0.318. The summed E-state index contributed by atoms with van der Waals surface area (Å²) in [5.41, 5.74) is 9.22. The molecule has 1 fully saturated rings. The van der Waals surface area contributed by atoms with E-state index >= 15 is 0 Å². The number of rotatable bonds is 5. The molecule has 1 aliphatic carbocycles. The van der Waals surface area contributed by atoms with Crippen molar-refractivity contribution in [2.45, 2.75) is 44.1 Å². The molecule has 1 saturated carbocycles. The molecule has 4 aromatic rings. The van der Waals surface area contributed by atoms with Gasteiger partial charge in [-0.1, -0.05) is 48.3 Å². The van der Waals surface area contributed by atoms with Crippen molar-refractivity contribution in [2.24, 2.45) is 5.73 Å². The monoisotopic (exact) mass is 373 g/mol. The van der Waals surface area contributed by atoms with E-state index in [0.717, 1.165) is 48.2 Å². The van der Waals surface area contributed by atoms with Gasteiger partial charge in [0, 0.05) is 18.5 Å². The lowest BCUT2D eigenvalue weighted by Gasteiger charge is -2.17. The van der Waals surface area contributed by atoms with E-state index in [1.54, 1.807) is 0 Å². The molecule has 142 valence electrons. The summed E-state index contributed by atoms with van der Waals surface area (Å²) in [5, 5.41) is 4.17. The SMILES string of the molecule is NC1(c2noc(CCc3nc4ccccc4n3-c3ccccc3)n2)CCCC1. The van der Waals surface area contributed by atoms with Gasteiger partial charge in [-0.2, -0.15) is 4.98 Å². The van der Waals surface area contributed by atoms with Gasteiger partial charge in [0.05, 0.1) is 16.6 Å². The van der Waals surface area contributed by atoms with E-state index in [-0.39, 0.29) is 0 Å². The van der Waals surface area contributed by atoms with Crippen LogP contribution in [0.1, 0.15) is 43.2 Å². The molecule has 28 heavy (non-hydrogen) atoms. The highest BCUT2D eigenvalue weighted by molar-refractivity contribution is 5.78. The zero-order valence-electron chi connectivity index (χ0n) is 15.7. The second-order valence-corrected chi connectivity index (χ2v) is 7.56. The van der Waals surface area contributed by atoms with Crippen LogP contribution >= 0.6 is 0 Å². The number of para-hydroxylation sites is 3. The first-order valence-electron chi connectivity index (χ1n) is 9.87. The normalized spacial score (nSPS) is 16.0. The number of hydrogen-bond acceptors (Lipinski definition) is 5. The Kier molecular flexibility index (Phi) is 4.20. The molecule has 0 spiro atoms. The molecule has 0 saturated heterocycles. The Labute approximate surface area is 163 Å². The minimum absolute atomic E-state index is 0.418. The average Bonchev–Trinajstić information content (AvgIpc) is 3.45. The molecule has 2 N–H and O–H groups in total. The lowest BCUT2D eigenvalue weighted by Crippen LogP contribution is -2.34. The summed E-state index contributed by atoms with van der Waals surface area (Å²) in [4.78, 5) is 9.45. The van der Waals surface area contributed by atoms with Crippen molar-refractivity contribution in [3.8, 4) is 5.69 Å². The molecule has 1 aliphatic rings. The van der Waals surface area contributed by atoms with Crippen molar-refractivity contribution in [2.75, 3.05) is 0 Å². The number of hydrogen-bond donors (Lipinski definition) is 1. The first kappa shape index (κ1) is 17.1. The zero-order valence-corrected chi connectivity index (χ0v) is 15.7. The Morgan fingerprint density at radius 1 is 0.929 bits per heavy atom. The van der Waals surface area contributed by atoms with Crippen LogP contribution in [0.15, 0.2) is 59.1 Å². The molecule has 2 heterocycles. The highest BCUT2D eigenvalue weighted by Crippen LogP contribution is 2.34. The second kappa shape index (κ2) is 6.87. The van der Waals surface area contributed by atoms with Crippen molar-refractivity contribution >= 4 is 11.0 Å². The van der Waals surface area contributed by atoms with Crippen LogP contribution in [0.25, 0.3) is 16.7 Å². The Bertz CT molecular complexity index is 1090. The van der Waals surface area contributed by atoms with Crippen molar-refractivity contribution in [1.29, 1.82) is 0 Å². The topological polar surface area (TPSA) is 82.8 Å². The Morgan fingerprint density at radius 2 is 1.68 bits per heavy atom. The van der Waals surface area contributed by atoms with Gasteiger partial charge in [0.25, 0.3) is 0 Å². The number of nitrogens with two attached hydrogens (primary N) is 1. The van der Waals surface area contributed by atoms with Gasteiger partial charge in [0.1, 0.15) is 5.82 Å². The Hall–Kier alpha value is -2.99. The van der Waals surface area contributed by atoms with Crippen LogP contribution in [-0.4, -0.2) is 19.7 Å². The van der Waals surface area contributed by atoms with Gasteiger partial charge in [0.2, 0.25) is 5.89 Å². The molecule has 6 heteroatoms. The number of benzene rings is 2. The van der Waals surface area contributed by atoms with Crippen LogP contribution < -0.4 is 5.73 Å². The number of aromatic nitrogens is 4. The maximum absolute atomic E-state index is 6.45. The molecular weight excluding hydrogens is 350 g/mol. The molecule has 0 amide bonds. The quantitative estimate of drug-likeness (QED) is 0.573. The van der Waals surface area contributed by atoms with Gasteiger partial charge >= 0.3 is 0 Å². The third-order valence-corrected chi connectivity index (χ3v) is 5.62. The van der Waals surface area contributed by atoms with E-state index < -0.39 is 5.54 Å². The standard InChI is InChI=1S/C22H23N5O/c23-22(14-6-7-15-22)21-25-20(28-26-21)13-12-19-24-17-10-4-5-11-18(17)27(19)16-8-2-1-3-9-16/h1-5,8-11H,6-7,12-15,23H2. The maximum atomic E-state index is 6.45. The third-order valence-electron chi connectivity index (χ3n) is 5.62. The molecule has 5 rings (SSSR count). The molecule has 2 aromatic carbocycles. The molecule has 6 nitrogen and oxygen atoms in total. The summed E-state index contributed by atoms with van der Waals surface area (Å²) in [6.45, 7) is 0. The molecule has 0 radical (unpaired) electrons. The van der Waals surface area contributed by atoms with E-state index in [1.807, 2.05) is 36.4 Å². The van der Waals surface area contributed by atoms with E-state index in [9.17, 15) is 0 Å². The summed E-state index contributed by atoms with van der Waals surface area (Å²) < 4.78 is 7.71. The van der Waals surface area contributed by atoms with Gasteiger partial charge in [-0.15, -0.1) is 0 Å². The van der Waals surface area contributed by atoms with E-state index in [1.165, 1.54) is 0 Å². The van der Waals surface area contributed by atoms with Gasteiger partial charge in [-0.3, -0.25) is 4.57 Å². The lowest BCUT2D eigenvalue weighted by atomic mass is 9.99. The maximum Gasteiger partial charge on any atom is 0.227 e. The first-order chi connectivity index (χ1) is 13.7. The highest BCUT2D eigenvalue weighted by Gasteiger charge is 2.35. The van der Waals surface area contributed by atoms with E-state index in [0.29, 0.717) is 24.6 Å². The molecule has 0 unspecified atom stereocenters. The van der Waals surface area contributed by atoms with Crippen LogP contribution in [0.2, 0.25) is 0 Å². The van der Waals surface area contributed by atoms with Crippen LogP contribution in [-0.2, 0) is 18.4 Å². The molecule has 2 aromatic heterocycles. The van der Waals surface area contributed by atoms with Gasteiger partial charge in [0.15, 0.2) is 5.82 Å². The molecule has 0 atom stereocenters. The van der Waals surface area contributed by atoms with Crippen molar-refractivity contribution < 1.29 is 4.52 Å². The zero-order chi connectivity index (χ0) is 19.0. The predicted molar refractivity (Wildman–Crippen MR) is 107 cm³/mol. The largest absolute Gasteiger partial charge is 0.339 e. The Morgan fingerprint density at radius 3 is 2.50 bits per heavy atom. The number of imidazole rings is 1. The number of fused-ring (bicyclic) bond motifs is 1. The number of aryl methyl sites for hydroxylation is 2. The minimum atomic E-state index is -0.418. The lowest BCUT2D eigenvalue weighted by molar-refractivity contribution is 0.348. The van der Waals surface area contributed by atoms with Gasteiger partial charge in [-0.25, -0.2) is 4.98 Å². The minimum Gasteiger partial charge on any atom is -0.339 e. The van der Waals surface area contributed by atoms with Crippen molar-refractivity contribution in [3.63, 3.8) is 0 Å². The van der Waals surface area contributed by atoms with Crippen molar-refractivity contribution in [3.05, 3.63) is 72.1 Å². The molecular formula is C22H23N5O. The third kappa shape index (κ3) is 2.99. The molecule has 0 bridgehead atoms. The van der Waals surface area contributed by atoms with Crippen LogP contribution in [0, 0.1) is 0 Å². The van der Waals surface area contributed by atoms with Crippen LogP contribution in [0.3, 0.4) is 0 Å². The summed E-state index contributed by atoms with van der Waals surface area (Å²) in [5.74, 6) is 2.26. The Balaban J connectivity index is 1.44. The average molecular weight is 373 g/mol. The summed E-state index contributed by atoms with van der Waals surface area (Å²) in [6.07, 6.45) is 5.45. The fourth-order valence-corrected chi connectivity index (χ4v) is 4.12. The van der Waals surface area contributed by atoms with Crippen LogP contribution in [0.4, 0.5) is 0 Å². The van der Waals surface area contributed by atoms with E-state index in [4.69, 9.17) is 15.2 Å². The van der Waals surface area contributed by atoms with Crippen molar-refractivity contribution in [1.82, 2.24) is 19.7 Å². The number of nitrogens with zero attached hydrogens (tertiary/aromatic N) is 4. The van der Waals surface area contributed by atoms with E-state index in [2.05, 4.69) is 32.9 Å². The van der Waals surface area contributed by atoms with Gasteiger partial charge in [-0.05, 0) is 37.1 Å². The first-order valence-corrected chi connectivity index (χ1v) is 9.87. The fourth-order valence-electron chi connectivity index (χ4n) is 4.12. The second-order valence-electron chi connectivity index (χ2n) is 7.56. The summed E-state index contributed by atoms with van der Waals surface area (Å²) in [7, 11) is 0. The van der Waals surface area contributed by atoms with Crippen LogP contribution in [0.5, 0.6) is 0 Å². The summed E-state index contributed by atoms with van der Waals surface area (Å²) in [6, 6.07) is 18.5.